The van der Waals surface area contributed by atoms with E-state index in [1.54, 1.807) is 25.4 Å². The van der Waals surface area contributed by atoms with Crippen molar-refractivity contribution in [3.8, 4) is 5.75 Å². The van der Waals surface area contributed by atoms with E-state index in [-0.39, 0.29) is 28.7 Å². The van der Waals surface area contributed by atoms with Gasteiger partial charge in [0.2, 0.25) is 0 Å². The average Bonchev–Trinajstić information content (AvgIpc) is 3.71. The molecule has 0 spiro atoms. The Morgan fingerprint density at radius 1 is 0.980 bits per heavy atom. The Balaban J connectivity index is 2.47. The molecule has 1 aliphatic heterocycles. The minimum absolute atomic E-state index is 0.0291. The molecule has 0 amide bonds. The van der Waals surface area contributed by atoms with Gasteiger partial charge in [0, 0.05) is 38.0 Å². The van der Waals surface area contributed by atoms with Crippen LogP contribution < -0.4 is 4.74 Å². The van der Waals surface area contributed by atoms with E-state index in [2.05, 4.69) is 88.2 Å². The summed E-state index contributed by atoms with van der Waals surface area (Å²) in [7, 11) is 0.449. The Morgan fingerprint density at radius 2 is 1.55 bits per heavy atom. The van der Waals surface area contributed by atoms with Crippen molar-refractivity contribution in [1.82, 2.24) is 5.06 Å². The van der Waals surface area contributed by atoms with Crippen LogP contribution in [0, 0.1) is 17.8 Å². The van der Waals surface area contributed by atoms with Crippen molar-refractivity contribution in [2.24, 2.45) is 17.8 Å². The number of hydroxylamine groups is 2. The number of methoxy groups -OCH3 is 1. The fourth-order valence-corrected chi connectivity index (χ4v) is 8.18. The number of aliphatic hydroxyl groups excluding tert-OH is 2. The van der Waals surface area contributed by atoms with Gasteiger partial charge in [-0.3, -0.25) is 0 Å². The molecule has 1 aromatic carbocycles. The third-order valence-electron chi connectivity index (χ3n) is 11.4. The molecule has 1 aliphatic rings. The first-order chi connectivity index (χ1) is 22.5. The first-order valence-corrected chi connectivity index (χ1v) is 23.7. The predicted octanol–water partition coefficient (Wildman–Crippen LogP) is 7.44. The van der Waals surface area contributed by atoms with Gasteiger partial charge in [0.1, 0.15) is 11.4 Å². The van der Waals surface area contributed by atoms with Crippen molar-refractivity contribution in [1.29, 1.82) is 0 Å². The van der Waals surface area contributed by atoms with E-state index >= 15 is 0 Å². The summed E-state index contributed by atoms with van der Waals surface area (Å²) in [5, 5.41) is 25.3. The summed E-state index contributed by atoms with van der Waals surface area (Å²) in [5.74, 6) is -0.230. The van der Waals surface area contributed by atoms with Crippen molar-refractivity contribution in [3.63, 3.8) is 0 Å². The van der Waals surface area contributed by atoms with E-state index < -0.39 is 52.4 Å². The van der Waals surface area contributed by atoms with E-state index in [1.807, 2.05) is 31.3 Å². The topological polar surface area (TPSA) is 102 Å². The third-order valence-corrected chi connectivity index (χ3v) is 20.4. The largest absolute Gasteiger partial charge is 0.497 e. The van der Waals surface area contributed by atoms with Crippen LogP contribution in [0.4, 0.5) is 0 Å². The summed E-state index contributed by atoms with van der Waals surface area (Å²) >= 11 is 0. The molecule has 2 rings (SSSR count). The average molecular weight is 726 g/mol. The van der Waals surface area contributed by atoms with Gasteiger partial charge >= 0.3 is 0 Å². The Morgan fingerprint density at radius 3 is 2.04 bits per heavy atom. The molecule has 0 radical (unpaired) electrons. The first kappa shape index (κ1) is 44.0. The molecule has 0 aliphatic carbocycles. The van der Waals surface area contributed by atoms with E-state index in [0.29, 0.717) is 26.2 Å². The van der Waals surface area contributed by atoms with Gasteiger partial charge in [-0.2, -0.15) is 5.06 Å². The number of ether oxygens (including phenoxy) is 3. The predicted molar refractivity (Wildman–Crippen MR) is 204 cm³/mol. The molecule has 49 heavy (non-hydrogen) atoms. The van der Waals surface area contributed by atoms with Crippen molar-refractivity contribution in [2.75, 3.05) is 41.0 Å². The molecular weight excluding hydrogens is 655 g/mol. The number of epoxide rings is 1. The molecule has 8 atom stereocenters. The lowest BCUT2D eigenvalue weighted by Gasteiger charge is -2.46. The molecule has 2 N–H and O–H groups in total. The maximum absolute atomic E-state index is 12.4. The second-order valence-corrected chi connectivity index (χ2v) is 26.9. The highest BCUT2D eigenvalue weighted by Crippen LogP contribution is 2.51. The van der Waals surface area contributed by atoms with Crippen molar-refractivity contribution in [2.45, 2.75) is 135 Å². The van der Waals surface area contributed by atoms with Crippen LogP contribution in [0.15, 0.2) is 36.9 Å². The second kappa shape index (κ2) is 17.6. The zero-order valence-electron chi connectivity index (χ0n) is 33.5. The molecule has 1 heterocycles. The molecule has 9 nitrogen and oxygen atoms in total. The van der Waals surface area contributed by atoms with Gasteiger partial charge in [0.05, 0.1) is 51.8 Å². The monoisotopic (exact) mass is 725 g/mol. The summed E-state index contributed by atoms with van der Waals surface area (Å²) < 4.78 is 32.3. The van der Waals surface area contributed by atoms with Gasteiger partial charge in [0.15, 0.2) is 16.6 Å². The molecule has 284 valence electrons. The minimum Gasteiger partial charge on any atom is -0.497 e. The highest BCUT2D eigenvalue weighted by molar-refractivity contribution is 6.74. The molecule has 0 aromatic heterocycles. The number of rotatable bonds is 21. The molecule has 1 aromatic rings. The van der Waals surface area contributed by atoms with Gasteiger partial charge in [-0.1, -0.05) is 66.7 Å². The van der Waals surface area contributed by atoms with Gasteiger partial charge in [-0.25, -0.2) is 0 Å². The van der Waals surface area contributed by atoms with Gasteiger partial charge in [-0.15, -0.1) is 6.58 Å². The fraction of sp³-hybridized carbons (Fsp3) is 0.789. The second-order valence-electron chi connectivity index (χ2n) is 17.3. The number of nitrogens with zero attached hydrogens (tertiary/aromatic N) is 1. The van der Waals surface area contributed by atoms with Crippen molar-refractivity contribution in [3.05, 3.63) is 42.5 Å². The van der Waals surface area contributed by atoms with Crippen LogP contribution in [0.5, 0.6) is 5.75 Å². The molecule has 1 fully saturated rings. The van der Waals surface area contributed by atoms with E-state index in [0.717, 1.165) is 11.3 Å². The number of hydrogen-bond acceptors (Lipinski definition) is 9. The van der Waals surface area contributed by atoms with Gasteiger partial charge < -0.3 is 38.1 Å². The minimum atomic E-state index is -2.40. The van der Waals surface area contributed by atoms with Gasteiger partial charge in [0.25, 0.3) is 0 Å². The molecule has 0 saturated carbocycles. The van der Waals surface area contributed by atoms with Crippen molar-refractivity contribution < 1.29 is 38.1 Å². The summed E-state index contributed by atoms with van der Waals surface area (Å²) in [6, 6.07) is 7.89. The molecule has 1 saturated heterocycles. The van der Waals surface area contributed by atoms with E-state index in [1.165, 1.54) is 0 Å². The summed E-state index contributed by atoms with van der Waals surface area (Å²) in [6.45, 7) is 32.3. The maximum Gasteiger partial charge on any atom is 0.192 e. The van der Waals surface area contributed by atoms with Crippen LogP contribution in [-0.2, 0) is 29.8 Å². The standard InChI is InChI=1S/C38H71NO8Si2/c1-17-30(32(40)22-23-39(10)43-12)33(41)31(26-45-48(13,14)36(3,4)5)35(47-49(15,16)37(6,7)8)38(9)34(46-38)27(2)24-44-25-28-18-20-29(42-11)21-19-28/h17-21,27,30-35,40-41H,1,22-26H2,2-16H3/t27-,30-,31-,32+,33+,34+,35-,38+/m0/s1. The fourth-order valence-electron chi connectivity index (χ4n) is 5.74. The SMILES string of the molecule is C=C[C@H]([C@@H](O)[C@H](CO[Si](C)(C)C(C)(C)C)[C@H](O[Si](C)(C)C(C)(C)C)[C@]1(C)O[C@@H]1[C@@H](C)COCc1ccc(OC)cc1)[C@H](O)CCN(C)OC. The van der Waals surface area contributed by atoms with Crippen LogP contribution in [0.25, 0.3) is 0 Å². The summed E-state index contributed by atoms with van der Waals surface area (Å²) in [4.78, 5) is 5.28. The molecule has 0 bridgehead atoms. The Kier molecular flexibility index (Phi) is 15.8. The molecule has 11 heteroatoms. The lowest BCUT2D eigenvalue weighted by atomic mass is 9.78. The van der Waals surface area contributed by atoms with Crippen LogP contribution in [0.1, 0.15) is 67.4 Å². The van der Waals surface area contributed by atoms with E-state index in [9.17, 15) is 10.2 Å². The number of benzene rings is 1. The number of aliphatic hydroxyl groups is 2. The molecule has 0 unspecified atom stereocenters. The first-order valence-electron chi connectivity index (χ1n) is 17.9. The molecular formula is C38H71NO8Si2. The van der Waals surface area contributed by atoms with Gasteiger partial charge in [-0.05, 0) is 67.3 Å². The van der Waals surface area contributed by atoms with Crippen molar-refractivity contribution >= 4 is 16.6 Å². The highest BCUT2D eigenvalue weighted by atomic mass is 28.4. The lowest BCUT2D eigenvalue weighted by Crippen LogP contribution is -2.57. The number of hydrogen-bond donors (Lipinski definition) is 2. The zero-order valence-corrected chi connectivity index (χ0v) is 35.5. The smallest absolute Gasteiger partial charge is 0.192 e. The van der Waals surface area contributed by atoms with E-state index in [4.69, 9.17) is 27.9 Å². The summed E-state index contributed by atoms with van der Waals surface area (Å²) in [5.41, 5.74) is 0.372. The van der Waals surface area contributed by atoms with Crippen LogP contribution in [-0.4, -0.2) is 103 Å². The Bertz CT molecular complexity index is 1150. The highest BCUT2D eigenvalue weighted by Gasteiger charge is 2.64. The Labute approximate surface area is 300 Å². The zero-order chi connectivity index (χ0) is 37.6. The normalized spacial score (nSPS) is 22.7. The maximum atomic E-state index is 12.4. The Hall–Kier alpha value is -1.13. The van der Waals surface area contributed by atoms with Crippen LogP contribution >= 0.6 is 0 Å². The summed E-state index contributed by atoms with van der Waals surface area (Å²) in [6.07, 6.45) is -0.415. The van der Waals surface area contributed by atoms with Crippen LogP contribution in [0.2, 0.25) is 36.3 Å². The quantitative estimate of drug-likeness (QED) is 0.0580. The van der Waals surface area contributed by atoms with Crippen LogP contribution in [0.3, 0.4) is 0 Å². The third kappa shape index (κ3) is 11.7. The lowest BCUT2D eigenvalue weighted by molar-refractivity contribution is -0.120.